The molecule has 40 heavy (non-hydrogen) atoms. The number of hydrogen-bond acceptors (Lipinski definition) is 8. The number of benzene rings is 3. The van der Waals surface area contributed by atoms with Gasteiger partial charge in [-0.3, -0.25) is 0 Å². The zero-order valence-electron chi connectivity index (χ0n) is 22.4. The van der Waals surface area contributed by atoms with Gasteiger partial charge in [0.05, 0.1) is 19.3 Å². The first-order valence-corrected chi connectivity index (χ1v) is 14.2. The molecule has 5 rings (SSSR count). The van der Waals surface area contributed by atoms with E-state index < -0.39 is 12.0 Å². The lowest BCUT2D eigenvalue weighted by molar-refractivity contribution is -0.140. The zero-order valence-corrected chi connectivity index (χ0v) is 24.0. The summed E-state index contributed by atoms with van der Waals surface area (Å²) in [5.74, 6) is 1.86. The van der Waals surface area contributed by atoms with Crippen LogP contribution in [0.5, 0.6) is 11.5 Å². The highest BCUT2D eigenvalue weighted by atomic mass is 35.5. The summed E-state index contributed by atoms with van der Waals surface area (Å²) in [4.78, 5) is 18.3. The molecular weight excluding hydrogens is 548 g/mol. The first-order chi connectivity index (χ1) is 19.5. The van der Waals surface area contributed by atoms with E-state index in [-0.39, 0.29) is 6.61 Å². The summed E-state index contributed by atoms with van der Waals surface area (Å²) in [6.07, 6.45) is 0. The Hall–Kier alpha value is -3.95. The molecule has 1 aliphatic heterocycles. The molecule has 8 nitrogen and oxygen atoms in total. The number of carbonyl (C=O) groups excluding carboxylic acids is 1. The van der Waals surface area contributed by atoms with Crippen molar-refractivity contribution < 1.29 is 19.0 Å². The van der Waals surface area contributed by atoms with E-state index in [9.17, 15) is 4.79 Å². The Bertz CT molecular complexity index is 1540. The van der Waals surface area contributed by atoms with Gasteiger partial charge in [0.1, 0.15) is 12.6 Å². The van der Waals surface area contributed by atoms with Crippen LogP contribution in [0.25, 0.3) is 0 Å². The number of carbonyl (C=O) groups is 1. The highest BCUT2D eigenvalue weighted by Gasteiger charge is 2.36. The van der Waals surface area contributed by atoms with E-state index in [1.54, 1.807) is 11.8 Å². The molecule has 0 radical (unpaired) electrons. The van der Waals surface area contributed by atoms with Crippen molar-refractivity contribution in [2.24, 2.45) is 0 Å². The van der Waals surface area contributed by atoms with Gasteiger partial charge in [-0.15, -0.1) is 5.10 Å². The Morgan fingerprint density at radius 2 is 1.85 bits per heavy atom. The molecule has 1 aliphatic rings. The van der Waals surface area contributed by atoms with Gasteiger partial charge in [0, 0.05) is 16.5 Å². The number of nitrogens with one attached hydrogen (secondary N) is 1. The van der Waals surface area contributed by atoms with Crippen LogP contribution >= 0.6 is 23.4 Å². The van der Waals surface area contributed by atoms with Crippen molar-refractivity contribution in [1.82, 2.24) is 14.8 Å². The van der Waals surface area contributed by atoms with Crippen LogP contribution in [0.2, 0.25) is 5.02 Å². The Balaban J connectivity index is 1.50. The van der Waals surface area contributed by atoms with Gasteiger partial charge in [0.15, 0.2) is 11.5 Å². The molecule has 1 atom stereocenters. The Kier molecular flexibility index (Phi) is 8.62. The molecular formula is C30H29ClN4O4S. The summed E-state index contributed by atoms with van der Waals surface area (Å²) < 4.78 is 18.8. The van der Waals surface area contributed by atoms with E-state index >= 15 is 0 Å². The fourth-order valence-corrected chi connectivity index (χ4v) is 5.57. The summed E-state index contributed by atoms with van der Waals surface area (Å²) in [5.41, 5.74) is 3.74. The lowest BCUT2D eigenvalue weighted by Gasteiger charge is -2.28. The summed E-state index contributed by atoms with van der Waals surface area (Å²) >= 11 is 7.82. The first kappa shape index (κ1) is 27.6. The molecule has 0 fully saturated rings. The molecule has 10 heteroatoms. The Labute approximate surface area is 242 Å². The lowest BCUT2D eigenvalue weighted by atomic mass is 9.95. The smallest absolute Gasteiger partial charge is 0.338 e. The minimum atomic E-state index is -0.605. The number of halogens is 1. The van der Waals surface area contributed by atoms with Crippen molar-refractivity contribution in [2.45, 2.75) is 37.4 Å². The predicted octanol–water partition coefficient (Wildman–Crippen LogP) is 6.66. The van der Waals surface area contributed by atoms with E-state index in [1.165, 1.54) is 11.8 Å². The van der Waals surface area contributed by atoms with Gasteiger partial charge in [-0.25, -0.2) is 9.48 Å². The minimum absolute atomic E-state index is 0.152. The lowest BCUT2D eigenvalue weighted by Crippen LogP contribution is -2.29. The maximum absolute atomic E-state index is 13.6. The van der Waals surface area contributed by atoms with Crippen molar-refractivity contribution >= 4 is 35.3 Å². The van der Waals surface area contributed by atoms with Crippen LogP contribution in [0, 0.1) is 0 Å². The third-order valence-corrected chi connectivity index (χ3v) is 7.64. The number of methoxy groups -OCH3 is 1. The summed E-state index contributed by atoms with van der Waals surface area (Å²) in [7, 11) is 1.59. The van der Waals surface area contributed by atoms with Crippen molar-refractivity contribution in [1.29, 1.82) is 0 Å². The molecule has 0 aliphatic carbocycles. The zero-order chi connectivity index (χ0) is 28.1. The quantitative estimate of drug-likeness (QED) is 0.166. The second-order valence-corrected chi connectivity index (χ2v) is 10.4. The molecule has 0 saturated heterocycles. The van der Waals surface area contributed by atoms with Crippen LogP contribution in [0.3, 0.4) is 0 Å². The largest absolute Gasteiger partial charge is 0.493 e. The molecule has 1 unspecified atom stereocenters. The van der Waals surface area contributed by atoms with Crippen molar-refractivity contribution in [3.63, 3.8) is 0 Å². The van der Waals surface area contributed by atoms with Gasteiger partial charge in [-0.1, -0.05) is 78.0 Å². The van der Waals surface area contributed by atoms with Crippen LogP contribution in [0.4, 0.5) is 5.95 Å². The van der Waals surface area contributed by atoms with Gasteiger partial charge >= 0.3 is 5.97 Å². The number of aromatic nitrogens is 3. The number of hydrogen-bond donors (Lipinski definition) is 1. The fourth-order valence-electron chi connectivity index (χ4n) is 4.46. The number of nitrogens with zero attached hydrogens (tertiary/aromatic N) is 3. The molecule has 0 spiro atoms. The first-order valence-electron chi connectivity index (χ1n) is 12.8. The molecule has 1 aromatic heterocycles. The van der Waals surface area contributed by atoms with Crippen molar-refractivity contribution in [3.05, 3.63) is 106 Å². The fraction of sp³-hybridized carbons (Fsp3) is 0.233. The summed E-state index contributed by atoms with van der Waals surface area (Å²) in [5, 5.41) is 9.31. The van der Waals surface area contributed by atoms with Crippen LogP contribution in [-0.2, 0) is 21.9 Å². The molecule has 0 saturated carbocycles. The average Bonchev–Trinajstić information content (AvgIpc) is 3.37. The number of thioether (sulfide) groups is 1. The van der Waals surface area contributed by atoms with Crippen LogP contribution < -0.4 is 14.8 Å². The maximum Gasteiger partial charge on any atom is 0.338 e. The third kappa shape index (κ3) is 5.95. The normalized spacial score (nSPS) is 14.3. The SMILES string of the molecule is CCOc1cc(C2C(C(=O)OCc3ccccc3)=C(C)Nc3nc(SCc4ccccc4Cl)nn32)ccc1OC. The van der Waals surface area contributed by atoms with Crippen molar-refractivity contribution in [3.8, 4) is 11.5 Å². The number of esters is 1. The second-order valence-electron chi connectivity index (χ2n) is 9.01. The Morgan fingerprint density at radius 1 is 1.07 bits per heavy atom. The topological polar surface area (TPSA) is 87.5 Å². The van der Waals surface area contributed by atoms with E-state index in [0.717, 1.165) is 16.7 Å². The molecule has 0 bridgehead atoms. The maximum atomic E-state index is 13.6. The highest BCUT2D eigenvalue weighted by molar-refractivity contribution is 7.98. The number of allylic oxidation sites excluding steroid dienone is 1. The molecule has 2 heterocycles. The van der Waals surface area contributed by atoms with E-state index in [1.807, 2.05) is 86.6 Å². The number of rotatable bonds is 10. The number of anilines is 1. The highest BCUT2D eigenvalue weighted by Crippen LogP contribution is 2.40. The van der Waals surface area contributed by atoms with Gasteiger partial charge in [0.25, 0.3) is 0 Å². The van der Waals surface area contributed by atoms with Crippen LogP contribution in [0.15, 0.2) is 89.2 Å². The second kappa shape index (κ2) is 12.5. The van der Waals surface area contributed by atoms with Gasteiger partial charge in [-0.2, -0.15) is 4.98 Å². The Morgan fingerprint density at radius 3 is 2.60 bits per heavy atom. The molecule has 1 N–H and O–H groups in total. The minimum Gasteiger partial charge on any atom is -0.493 e. The summed E-state index contributed by atoms with van der Waals surface area (Å²) in [6.45, 7) is 4.36. The number of ether oxygens (including phenoxy) is 3. The van der Waals surface area contributed by atoms with E-state index in [2.05, 4.69) is 5.32 Å². The third-order valence-electron chi connectivity index (χ3n) is 6.38. The standard InChI is InChI=1S/C30H29ClN4O4S/c1-4-38-25-16-21(14-15-24(25)37-3)27-26(28(36)39-17-20-10-6-5-7-11-20)19(2)32-29-33-30(34-35(27)29)40-18-22-12-8-9-13-23(22)31/h5-16,27H,4,17-18H2,1-3H3,(H,32,33,34). The van der Waals surface area contributed by atoms with Crippen LogP contribution in [-0.4, -0.2) is 34.5 Å². The van der Waals surface area contributed by atoms with Crippen LogP contribution in [0.1, 0.15) is 36.6 Å². The van der Waals surface area contributed by atoms with E-state index in [0.29, 0.717) is 51.3 Å². The van der Waals surface area contributed by atoms with Gasteiger partial charge < -0.3 is 19.5 Å². The van der Waals surface area contributed by atoms with Crippen molar-refractivity contribution in [2.75, 3.05) is 19.0 Å². The van der Waals surface area contributed by atoms with E-state index in [4.69, 9.17) is 35.9 Å². The average molecular weight is 577 g/mol. The molecule has 3 aromatic carbocycles. The molecule has 4 aromatic rings. The van der Waals surface area contributed by atoms with Gasteiger partial charge in [-0.05, 0) is 48.7 Å². The number of fused-ring (bicyclic) bond motifs is 1. The monoisotopic (exact) mass is 576 g/mol. The molecule has 0 amide bonds. The summed E-state index contributed by atoms with van der Waals surface area (Å²) in [6, 6.07) is 22.3. The predicted molar refractivity (Wildman–Crippen MR) is 156 cm³/mol. The van der Waals surface area contributed by atoms with Gasteiger partial charge in [0.2, 0.25) is 11.1 Å². The molecule has 206 valence electrons.